The van der Waals surface area contributed by atoms with Crippen molar-refractivity contribution in [3.63, 3.8) is 0 Å². The smallest absolute Gasteiger partial charge is 0.127 e. The monoisotopic (exact) mass is 286 g/mol. The van der Waals surface area contributed by atoms with Crippen molar-refractivity contribution < 1.29 is 9.47 Å². The number of ether oxygens (including phenoxy) is 2. The molecule has 4 heteroatoms. The van der Waals surface area contributed by atoms with Crippen LogP contribution in [0.25, 0.3) is 0 Å². The van der Waals surface area contributed by atoms with Crippen LogP contribution in [0.3, 0.4) is 0 Å². The normalized spacial score (nSPS) is 13.5. The van der Waals surface area contributed by atoms with Crippen LogP contribution in [0.4, 0.5) is 0 Å². The largest absolute Gasteiger partial charge is 0.497 e. The molecule has 1 aromatic heterocycles. The van der Waals surface area contributed by atoms with Gasteiger partial charge in [-0.1, -0.05) is 6.07 Å². The molecule has 1 unspecified atom stereocenters. The van der Waals surface area contributed by atoms with E-state index in [9.17, 15) is 0 Å². The zero-order valence-corrected chi connectivity index (χ0v) is 13.0. The molecule has 2 aromatic rings. The van der Waals surface area contributed by atoms with E-state index >= 15 is 0 Å². The molecule has 0 fully saturated rings. The van der Waals surface area contributed by atoms with E-state index in [1.165, 1.54) is 5.56 Å². The summed E-state index contributed by atoms with van der Waals surface area (Å²) in [6.07, 6.45) is 3.62. The molecule has 1 N–H and O–H groups in total. The summed E-state index contributed by atoms with van der Waals surface area (Å²) in [4.78, 5) is 4.05. The fraction of sp³-hybridized carbons (Fsp3) is 0.353. The highest BCUT2D eigenvalue weighted by atomic mass is 16.5. The van der Waals surface area contributed by atoms with Crippen LogP contribution in [-0.2, 0) is 0 Å². The first kappa shape index (κ1) is 15.3. The minimum absolute atomic E-state index is 0.161. The Balaban J connectivity index is 2.14. The summed E-state index contributed by atoms with van der Waals surface area (Å²) in [5.41, 5.74) is 2.32. The lowest BCUT2D eigenvalue weighted by molar-refractivity contribution is 0.383. The van der Waals surface area contributed by atoms with Crippen molar-refractivity contribution in [2.45, 2.75) is 25.9 Å². The van der Waals surface area contributed by atoms with Gasteiger partial charge in [-0.15, -0.1) is 0 Å². The van der Waals surface area contributed by atoms with E-state index in [2.05, 4.69) is 24.1 Å². The minimum atomic E-state index is 0.161. The number of benzene rings is 1. The lowest BCUT2D eigenvalue weighted by Crippen LogP contribution is -2.22. The second kappa shape index (κ2) is 7.09. The topological polar surface area (TPSA) is 43.4 Å². The average Bonchev–Trinajstić information content (AvgIpc) is 2.54. The fourth-order valence-electron chi connectivity index (χ4n) is 2.39. The van der Waals surface area contributed by atoms with E-state index in [1.54, 1.807) is 14.2 Å². The molecule has 0 aliphatic carbocycles. The number of nitrogens with zero attached hydrogens (tertiary/aromatic N) is 1. The summed E-state index contributed by atoms with van der Waals surface area (Å²) in [5, 5.41) is 3.58. The standard InChI is InChI=1S/C17H22N2O2/c1-12(14-7-9-18-10-8-14)19-13(2)16-6-5-15(20-3)11-17(16)21-4/h5-13,19H,1-4H3/t12-,13?/m0/s1. The number of hydrogen-bond acceptors (Lipinski definition) is 4. The number of rotatable bonds is 6. The third-order valence-corrected chi connectivity index (χ3v) is 3.61. The Morgan fingerprint density at radius 3 is 2.29 bits per heavy atom. The average molecular weight is 286 g/mol. The summed E-state index contributed by atoms with van der Waals surface area (Å²) in [6.45, 7) is 4.27. The Morgan fingerprint density at radius 1 is 0.952 bits per heavy atom. The molecule has 0 saturated carbocycles. The molecule has 0 spiro atoms. The third kappa shape index (κ3) is 3.73. The van der Waals surface area contributed by atoms with Gasteiger partial charge in [-0.2, -0.15) is 0 Å². The highest BCUT2D eigenvalue weighted by Gasteiger charge is 2.15. The van der Waals surface area contributed by atoms with Crippen LogP contribution in [0, 0.1) is 0 Å². The first-order valence-corrected chi connectivity index (χ1v) is 7.03. The molecule has 0 aliphatic rings. The zero-order valence-electron chi connectivity index (χ0n) is 13.0. The van der Waals surface area contributed by atoms with Crippen molar-refractivity contribution in [2.24, 2.45) is 0 Å². The van der Waals surface area contributed by atoms with E-state index < -0.39 is 0 Å². The number of aromatic nitrogens is 1. The first-order chi connectivity index (χ1) is 10.2. The van der Waals surface area contributed by atoms with Gasteiger partial charge in [0.05, 0.1) is 14.2 Å². The van der Waals surface area contributed by atoms with Crippen LogP contribution >= 0.6 is 0 Å². The molecule has 2 atom stereocenters. The van der Waals surface area contributed by atoms with E-state index in [-0.39, 0.29) is 12.1 Å². The molecule has 1 heterocycles. The van der Waals surface area contributed by atoms with E-state index in [0.717, 1.165) is 17.1 Å². The van der Waals surface area contributed by atoms with E-state index in [4.69, 9.17) is 9.47 Å². The van der Waals surface area contributed by atoms with Crippen LogP contribution in [0.2, 0.25) is 0 Å². The molecule has 0 bridgehead atoms. The maximum absolute atomic E-state index is 5.47. The third-order valence-electron chi connectivity index (χ3n) is 3.61. The van der Waals surface area contributed by atoms with Crippen LogP contribution < -0.4 is 14.8 Å². The highest BCUT2D eigenvalue weighted by Crippen LogP contribution is 2.30. The first-order valence-electron chi connectivity index (χ1n) is 7.03. The predicted molar refractivity (Wildman–Crippen MR) is 83.7 cm³/mol. The maximum Gasteiger partial charge on any atom is 0.127 e. The Labute approximate surface area is 126 Å². The molecule has 4 nitrogen and oxygen atoms in total. The minimum Gasteiger partial charge on any atom is -0.497 e. The second-order valence-electron chi connectivity index (χ2n) is 5.00. The van der Waals surface area contributed by atoms with Gasteiger partial charge in [0, 0.05) is 36.1 Å². The Hall–Kier alpha value is -2.07. The Morgan fingerprint density at radius 2 is 1.67 bits per heavy atom. The maximum atomic E-state index is 5.47. The Bertz CT molecular complexity index is 572. The highest BCUT2D eigenvalue weighted by molar-refractivity contribution is 5.42. The van der Waals surface area contributed by atoms with Gasteiger partial charge in [0.2, 0.25) is 0 Å². The Kier molecular flexibility index (Phi) is 5.17. The van der Waals surface area contributed by atoms with E-state index in [0.29, 0.717) is 0 Å². The van der Waals surface area contributed by atoms with Crippen molar-refractivity contribution in [1.82, 2.24) is 10.3 Å². The molecule has 21 heavy (non-hydrogen) atoms. The second-order valence-corrected chi connectivity index (χ2v) is 5.00. The van der Waals surface area contributed by atoms with Crippen molar-refractivity contribution in [1.29, 1.82) is 0 Å². The van der Waals surface area contributed by atoms with Gasteiger partial charge in [0.15, 0.2) is 0 Å². The molecule has 0 aliphatic heterocycles. The predicted octanol–water partition coefficient (Wildman–Crippen LogP) is 3.51. The quantitative estimate of drug-likeness (QED) is 0.882. The summed E-state index contributed by atoms with van der Waals surface area (Å²) in [5.74, 6) is 1.63. The summed E-state index contributed by atoms with van der Waals surface area (Å²) in [6, 6.07) is 10.3. The van der Waals surface area contributed by atoms with Crippen molar-refractivity contribution >= 4 is 0 Å². The molecular weight excluding hydrogens is 264 g/mol. The summed E-state index contributed by atoms with van der Waals surface area (Å²) < 4.78 is 10.7. The van der Waals surface area contributed by atoms with Gasteiger partial charge >= 0.3 is 0 Å². The molecule has 112 valence electrons. The summed E-state index contributed by atoms with van der Waals surface area (Å²) in [7, 11) is 3.33. The van der Waals surface area contributed by atoms with Gasteiger partial charge < -0.3 is 14.8 Å². The zero-order chi connectivity index (χ0) is 15.2. The van der Waals surface area contributed by atoms with Crippen molar-refractivity contribution in [2.75, 3.05) is 14.2 Å². The van der Waals surface area contributed by atoms with Gasteiger partial charge in [0.25, 0.3) is 0 Å². The van der Waals surface area contributed by atoms with Crippen LogP contribution in [0.5, 0.6) is 11.5 Å². The molecular formula is C17H22N2O2. The lowest BCUT2D eigenvalue weighted by atomic mass is 10.0. The summed E-state index contributed by atoms with van der Waals surface area (Å²) >= 11 is 0. The molecule has 0 saturated heterocycles. The number of nitrogens with one attached hydrogen (secondary N) is 1. The number of pyridine rings is 1. The van der Waals surface area contributed by atoms with Gasteiger partial charge in [0.1, 0.15) is 11.5 Å². The van der Waals surface area contributed by atoms with E-state index in [1.807, 2.05) is 42.7 Å². The van der Waals surface area contributed by atoms with Gasteiger partial charge in [-0.05, 0) is 37.6 Å². The molecule has 1 aromatic carbocycles. The van der Waals surface area contributed by atoms with Crippen LogP contribution in [-0.4, -0.2) is 19.2 Å². The van der Waals surface area contributed by atoms with Gasteiger partial charge in [-0.3, -0.25) is 4.98 Å². The fourth-order valence-corrected chi connectivity index (χ4v) is 2.39. The van der Waals surface area contributed by atoms with Gasteiger partial charge in [-0.25, -0.2) is 0 Å². The molecule has 0 radical (unpaired) electrons. The molecule has 0 amide bonds. The lowest BCUT2D eigenvalue weighted by Gasteiger charge is -2.22. The SMILES string of the molecule is COc1ccc(C(C)N[C@@H](C)c2ccncc2)c(OC)c1. The van der Waals surface area contributed by atoms with Crippen molar-refractivity contribution in [3.05, 3.63) is 53.9 Å². The van der Waals surface area contributed by atoms with Crippen LogP contribution in [0.1, 0.15) is 37.1 Å². The number of methoxy groups -OCH3 is 2. The number of hydrogen-bond donors (Lipinski definition) is 1. The molecule has 2 rings (SSSR count). The van der Waals surface area contributed by atoms with Crippen molar-refractivity contribution in [3.8, 4) is 11.5 Å². The van der Waals surface area contributed by atoms with Crippen LogP contribution in [0.15, 0.2) is 42.7 Å².